The molecular weight excluding hydrogens is 226 g/mol. The lowest BCUT2D eigenvalue weighted by molar-refractivity contribution is 0.0696. The lowest BCUT2D eigenvalue weighted by Crippen LogP contribution is -1.92. The number of rotatable bonds is 3. The van der Waals surface area contributed by atoms with Crippen LogP contribution in [0.25, 0.3) is 10.4 Å². The van der Waals surface area contributed by atoms with Crippen LogP contribution in [0.2, 0.25) is 0 Å². The second-order valence-corrected chi connectivity index (χ2v) is 4.07. The molecule has 2 aromatic rings. The molecule has 0 aliphatic rings. The number of carboxylic acid groups (broad SMARTS) is 1. The first-order valence-corrected chi connectivity index (χ1v) is 5.36. The maximum atomic E-state index is 10.7. The number of methoxy groups -OCH3 is 1. The van der Waals surface area contributed by atoms with Gasteiger partial charge in [-0.15, -0.1) is 11.3 Å². The lowest BCUT2D eigenvalue weighted by atomic mass is 10.2. The van der Waals surface area contributed by atoms with E-state index < -0.39 is 5.97 Å². The highest BCUT2D eigenvalue weighted by molar-refractivity contribution is 7.16. The van der Waals surface area contributed by atoms with E-state index in [4.69, 9.17) is 9.84 Å². The van der Waals surface area contributed by atoms with Crippen LogP contribution in [0, 0.1) is 0 Å². The number of benzene rings is 1. The van der Waals surface area contributed by atoms with Gasteiger partial charge < -0.3 is 9.84 Å². The van der Waals surface area contributed by atoms with Gasteiger partial charge in [0.05, 0.1) is 12.0 Å². The molecule has 0 fully saturated rings. The van der Waals surface area contributed by atoms with E-state index in [1.54, 1.807) is 13.3 Å². The van der Waals surface area contributed by atoms with Gasteiger partial charge in [-0.2, -0.15) is 0 Å². The molecule has 0 saturated heterocycles. The predicted molar refractivity (Wildman–Crippen MR) is 61.1 cm³/mol. The maximum Gasteiger partial charge on any atom is 0.365 e. The van der Waals surface area contributed by atoms with E-state index in [0.717, 1.165) is 21.8 Å². The number of thiazole rings is 1. The minimum Gasteiger partial charge on any atom is -0.496 e. The van der Waals surface area contributed by atoms with Gasteiger partial charge in [-0.25, -0.2) is 9.78 Å². The van der Waals surface area contributed by atoms with Gasteiger partial charge in [-0.1, -0.05) is 12.1 Å². The molecule has 1 aromatic carbocycles. The molecule has 0 bridgehead atoms. The highest BCUT2D eigenvalue weighted by atomic mass is 32.1. The van der Waals surface area contributed by atoms with Gasteiger partial charge >= 0.3 is 5.97 Å². The fraction of sp³-hybridized carbons (Fsp3) is 0.0909. The summed E-state index contributed by atoms with van der Waals surface area (Å²) >= 11 is 1.13. The average molecular weight is 235 g/mol. The van der Waals surface area contributed by atoms with E-state index in [1.165, 1.54) is 0 Å². The van der Waals surface area contributed by atoms with Crippen molar-refractivity contribution in [1.82, 2.24) is 4.98 Å². The molecule has 2 rings (SSSR count). The molecule has 0 spiro atoms. The number of aromatic carboxylic acids is 1. The lowest BCUT2D eigenvalue weighted by Gasteiger charge is -2.04. The van der Waals surface area contributed by atoms with Crippen LogP contribution in [0.3, 0.4) is 0 Å². The van der Waals surface area contributed by atoms with Crippen LogP contribution in [0.15, 0.2) is 30.5 Å². The summed E-state index contributed by atoms with van der Waals surface area (Å²) in [5.74, 6) is -0.297. The maximum absolute atomic E-state index is 10.7. The van der Waals surface area contributed by atoms with Crippen molar-refractivity contribution in [3.63, 3.8) is 0 Å². The second-order valence-electron chi connectivity index (χ2n) is 3.04. The molecule has 0 radical (unpaired) electrons. The average Bonchev–Trinajstić information content (AvgIpc) is 2.78. The molecule has 5 heteroatoms. The summed E-state index contributed by atoms with van der Waals surface area (Å²) in [5, 5.41) is 8.87. The Hall–Kier alpha value is -1.88. The Morgan fingerprint density at radius 3 is 2.81 bits per heavy atom. The first kappa shape index (κ1) is 10.6. The number of carboxylic acids is 1. The van der Waals surface area contributed by atoms with Crippen molar-refractivity contribution < 1.29 is 14.6 Å². The third-order valence-corrected chi connectivity index (χ3v) is 3.08. The standard InChI is InChI=1S/C11H9NO3S/c1-15-8-5-3-2-4-7(8)9-6-12-10(16-9)11(13)14/h2-6H,1H3,(H,13,14). The zero-order valence-electron chi connectivity index (χ0n) is 8.51. The number of hydrogen-bond donors (Lipinski definition) is 1. The first-order chi connectivity index (χ1) is 7.72. The van der Waals surface area contributed by atoms with Gasteiger partial charge in [-0.3, -0.25) is 0 Å². The van der Waals surface area contributed by atoms with E-state index in [0.29, 0.717) is 5.75 Å². The normalized spacial score (nSPS) is 10.1. The van der Waals surface area contributed by atoms with Gasteiger partial charge in [0.15, 0.2) is 0 Å². The number of ether oxygens (including phenoxy) is 1. The van der Waals surface area contributed by atoms with E-state index in [1.807, 2.05) is 24.3 Å². The Labute approximate surface area is 96.1 Å². The highest BCUT2D eigenvalue weighted by Gasteiger charge is 2.12. The highest BCUT2D eigenvalue weighted by Crippen LogP contribution is 2.33. The molecule has 0 aliphatic heterocycles. The minimum atomic E-state index is -1.01. The second kappa shape index (κ2) is 4.32. The molecule has 1 heterocycles. The monoisotopic (exact) mass is 235 g/mol. The smallest absolute Gasteiger partial charge is 0.365 e. The van der Waals surface area contributed by atoms with Crippen LogP contribution in [-0.2, 0) is 0 Å². The van der Waals surface area contributed by atoms with E-state index >= 15 is 0 Å². The van der Waals surface area contributed by atoms with Gasteiger partial charge in [0.1, 0.15) is 5.75 Å². The van der Waals surface area contributed by atoms with Gasteiger partial charge in [-0.05, 0) is 12.1 Å². The summed E-state index contributed by atoms with van der Waals surface area (Å²) in [7, 11) is 1.58. The molecule has 0 unspecified atom stereocenters. The van der Waals surface area contributed by atoms with Crippen molar-refractivity contribution in [2.45, 2.75) is 0 Å². The fourth-order valence-electron chi connectivity index (χ4n) is 1.35. The van der Waals surface area contributed by atoms with Crippen molar-refractivity contribution in [2.75, 3.05) is 7.11 Å². The van der Waals surface area contributed by atoms with Crippen LogP contribution in [-0.4, -0.2) is 23.2 Å². The van der Waals surface area contributed by atoms with Crippen molar-refractivity contribution in [3.8, 4) is 16.2 Å². The summed E-state index contributed by atoms with van der Waals surface area (Å²) in [6.07, 6.45) is 1.55. The third kappa shape index (κ3) is 1.90. The first-order valence-electron chi connectivity index (χ1n) is 4.55. The number of aromatic nitrogens is 1. The molecule has 4 nitrogen and oxygen atoms in total. The summed E-state index contributed by atoms with van der Waals surface area (Å²) in [6, 6.07) is 7.44. The zero-order chi connectivity index (χ0) is 11.5. The zero-order valence-corrected chi connectivity index (χ0v) is 9.32. The Morgan fingerprint density at radius 2 is 2.19 bits per heavy atom. The Bertz CT molecular complexity index is 521. The van der Waals surface area contributed by atoms with Crippen molar-refractivity contribution in [1.29, 1.82) is 0 Å². The molecule has 16 heavy (non-hydrogen) atoms. The Kier molecular flexibility index (Phi) is 2.87. The third-order valence-electron chi connectivity index (χ3n) is 2.06. The Morgan fingerprint density at radius 1 is 1.44 bits per heavy atom. The number of para-hydroxylation sites is 1. The minimum absolute atomic E-state index is 0.0842. The quantitative estimate of drug-likeness (QED) is 0.888. The number of hydrogen-bond acceptors (Lipinski definition) is 4. The van der Waals surface area contributed by atoms with Crippen LogP contribution in [0.4, 0.5) is 0 Å². The molecule has 1 aromatic heterocycles. The van der Waals surface area contributed by atoms with Crippen LogP contribution in [0.1, 0.15) is 9.80 Å². The summed E-state index contributed by atoms with van der Waals surface area (Å²) in [5.41, 5.74) is 0.856. The van der Waals surface area contributed by atoms with Crippen molar-refractivity contribution in [3.05, 3.63) is 35.5 Å². The predicted octanol–water partition coefficient (Wildman–Crippen LogP) is 2.52. The molecule has 0 saturated carbocycles. The van der Waals surface area contributed by atoms with Gasteiger partial charge in [0, 0.05) is 11.8 Å². The van der Waals surface area contributed by atoms with E-state index in [2.05, 4.69) is 4.98 Å². The molecule has 1 N–H and O–H groups in total. The topological polar surface area (TPSA) is 59.4 Å². The number of carbonyl (C=O) groups is 1. The van der Waals surface area contributed by atoms with Crippen LogP contribution in [0.5, 0.6) is 5.75 Å². The largest absolute Gasteiger partial charge is 0.496 e. The fourth-order valence-corrected chi connectivity index (χ4v) is 2.13. The molecule has 0 aliphatic carbocycles. The summed E-state index contributed by atoms with van der Waals surface area (Å²) in [6.45, 7) is 0. The molecule has 0 amide bonds. The van der Waals surface area contributed by atoms with Crippen LogP contribution < -0.4 is 4.74 Å². The summed E-state index contributed by atoms with van der Waals surface area (Å²) < 4.78 is 5.20. The van der Waals surface area contributed by atoms with E-state index in [-0.39, 0.29) is 5.01 Å². The molecule has 0 atom stereocenters. The van der Waals surface area contributed by atoms with Crippen molar-refractivity contribution >= 4 is 17.3 Å². The van der Waals surface area contributed by atoms with Gasteiger partial charge in [0.25, 0.3) is 0 Å². The molecule has 82 valence electrons. The number of nitrogens with zero attached hydrogens (tertiary/aromatic N) is 1. The summed E-state index contributed by atoms with van der Waals surface area (Å²) in [4.78, 5) is 15.3. The molecular formula is C11H9NO3S. The van der Waals surface area contributed by atoms with Gasteiger partial charge in [0.2, 0.25) is 5.01 Å². The van der Waals surface area contributed by atoms with E-state index in [9.17, 15) is 4.79 Å². The van der Waals surface area contributed by atoms with Crippen LogP contribution >= 0.6 is 11.3 Å². The van der Waals surface area contributed by atoms with Crippen molar-refractivity contribution in [2.24, 2.45) is 0 Å². The Balaban J connectivity index is 2.46. The SMILES string of the molecule is COc1ccccc1-c1cnc(C(=O)O)s1.